The van der Waals surface area contributed by atoms with Crippen molar-refractivity contribution in [1.29, 1.82) is 0 Å². The number of thioether (sulfide) groups is 1. The lowest BCUT2D eigenvalue weighted by molar-refractivity contribution is 0.0972. The number of ketones is 1. The molecule has 0 spiro atoms. The number of nitrogens with zero attached hydrogens (tertiary/aromatic N) is 2. The molecule has 4 rings (SSSR count). The molecule has 1 aromatic heterocycles. The third kappa shape index (κ3) is 4.95. The van der Waals surface area contributed by atoms with Crippen molar-refractivity contribution < 1.29 is 9.00 Å². The topological polar surface area (TPSA) is 96.0 Å². The zero-order valence-corrected chi connectivity index (χ0v) is 18.9. The number of fused-ring (bicyclic) bond motifs is 1. The van der Waals surface area contributed by atoms with E-state index in [4.69, 9.17) is 0 Å². The number of hydrogen-bond acceptors (Lipinski definition) is 7. The van der Waals surface area contributed by atoms with Gasteiger partial charge in [-0.05, 0) is 68.1 Å². The second-order valence-electron chi connectivity index (χ2n) is 7.02. The molecule has 160 valence electrons. The molecule has 0 aliphatic heterocycles. The van der Waals surface area contributed by atoms with Crippen LogP contribution in [0.2, 0.25) is 0 Å². The fourth-order valence-electron chi connectivity index (χ4n) is 3.52. The molecule has 7 nitrogen and oxygen atoms in total. The molecule has 3 N–H and O–H groups in total. The van der Waals surface area contributed by atoms with Gasteiger partial charge in [0.25, 0.3) is 0 Å². The average molecular weight is 454 g/mol. The number of hydrogen-bond donors (Lipinski definition) is 3. The highest BCUT2D eigenvalue weighted by Gasteiger charge is 2.17. The first-order valence-corrected chi connectivity index (χ1v) is 12.2. The maximum absolute atomic E-state index is 12.1. The van der Waals surface area contributed by atoms with Gasteiger partial charge in [-0.15, -0.1) is 11.8 Å². The number of benzene rings is 2. The number of nitrogens with one attached hydrogen (secondary N) is 3. The van der Waals surface area contributed by atoms with Gasteiger partial charge in [0.1, 0.15) is 28.9 Å². The Hall–Kier alpha value is -2.75. The Bertz CT molecular complexity index is 1150. The van der Waals surface area contributed by atoms with Crippen LogP contribution in [0.1, 0.15) is 28.8 Å². The van der Waals surface area contributed by atoms with Crippen LogP contribution in [0.4, 0.5) is 23.0 Å². The second-order valence-corrected chi connectivity index (χ2v) is 9.29. The van der Waals surface area contributed by atoms with E-state index in [1.165, 1.54) is 6.33 Å². The van der Waals surface area contributed by atoms with Crippen LogP contribution in [-0.2, 0) is 17.4 Å². The van der Waals surface area contributed by atoms with E-state index in [1.807, 2.05) is 48.7 Å². The molecular formula is C22H23N5O2S2. The van der Waals surface area contributed by atoms with Gasteiger partial charge in [-0.25, -0.2) is 18.9 Å². The van der Waals surface area contributed by atoms with E-state index < -0.39 is 11.0 Å². The number of anilines is 4. The Morgan fingerprint density at radius 2 is 1.81 bits per heavy atom. The molecule has 1 heterocycles. The predicted octanol–water partition coefficient (Wildman–Crippen LogP) is 4.45. The molecule has 0 saturated heterocycles. The van der Waals surface area contributed by atoms with Gasteiger partial charge in [-0.1, -0.05) is 0 Å². The van der Waals surface area contributed by atoms with Gasteiger partial charge in [-0.3, -0.25) is 4.79 Å². The first kappa shape index (κ1) is 21.5. The van der Waals surface area contributed by atoms with E-state index in [-0.39, 0.29) is 5.78 Å². The van der Waals surface area contributed by atoms with Crippen LogP contribution in [0.15, 0.2) is 58.6 Å². The van der Waals surface area contributed by atoms with Crippen molar-refractivity contribution in [3.63, 3.8) is 0 Å². The summed E-state index contributed by atoms with van der Waals surface area (Å²) in [5.41, 5.74) is 3.61. The third-order valence-electron chi connectivity index (χ3n) is 5.03. The molecule has 1 atom stereocenters. The summed E-state index contributed by atoms with van der Waals surface area (Å²) in [6.07, 6.45) is 5.91. The zero-order chi connectivity index (χ0) is 21.8. The summed E-state index contributed by atoms with van der Waals surface area (Å²) >= 11 is 1.59. The van der Waals surface area contributed by atoms with Crippen molar-refractivity contribution in [3.05, 3.63) is 59.9 Å². The van der Waals surface area contributed by atoms with Crippen LogP contribution in [0.25, 0.3) is 0 Å². The Kier molecular flexibility index (Phi) is 6.64. The molecule has 0 radical (unpaired) electrons. The normalized spacial score (nSPS) is 14.1. The summed E-state index contributed by atoms with van der Waals surface area (Å²) in [6, 6.07) is 13.3. The van der Waals surface area contributed by atoms with Gasteiger partial charge >= 0.3 is 0 Å². The van der Waals surface area contributed by atoms with Gasteiger partial charge in [0.2, 0.25) is 0 Å². The molecular weight excluding hydrogens is 430 g/mol. The fraction of sp³-hybridized carbons (Fsp3) is 0.227. The van der Waals surface area contributed by atoms with Crippen LogP contribution in [0.5, 0.6) is 0 Å². The fourth-order valence-corrected chi connectivity index (χ4v) is 4.71. The van der Waals surface area contributed by atoms with Gasteiger partial charge in [0.05, 0.1) is 10.6 Å². The number of carbonyl (C=O) groups excluding carboxylic acids is 1. The monoisotopic (exact) mass is 453 g/mol. The van der Waals surface area contributed by atoms with Crippen LogP contribution >= 0.6 is 11.8 Å². The van der Waals surface area contributed by atoms with Crippen molar-refractivity contribution in [2.45, 2.75) is 29.1 Å². The van der Waals surface area contributed by atoms with E-state index in [0.29, 0.717) is 23.0 Å². The van der Waals surface area contributed by atoms with Crippen LogP contribution in [0, 0.1) is 0 Å². The first-order chi connectivity index (χ1) is 15.1. The first-order valence-electron chi connectivity index (χ1n) is 9.87. The molecule has 0 amide bonds. The minimum atomic E-state index is -1.27. The van der Waals surface area contributed by atoms with Crippen molar-refractivity contribution >= 4 is 51.5 Å². The number of carbonyl (C=O) groups is 1. The van der Waals surface area contributed by atoms with Gasteiger partial charge in [0.15, 0.2) is 5.78 Å². The molecule has 2 aromatic carbocycles. The maximum atomic E-state index is 12.1. The number of rotatable bonds is 7. The minimum Gasteiger partial charge on any atom is -0.340 e. The Balaban J connectivity index is 1.55. The number of aryl methyl sites for hydroxylation is 1. The van der Waals surface area contributed by atoms with Crippen LogP contribution in [0.3, 0.4) is 0 Å². The Morgan fingerprint density at radius 1 is 1.00 bits per heavy atom. The number of Topliss-reactive ketones (excluding diaryl/α,β-unsaturated/α-hetero) is 1. The minimum absolute atomic E-state index is 0.215. The SMILES string of the molecule is CNS(=O)c1ccc(SC)c(Nc2cc(Nc3ccc4c(c3)CCCC4=O)ncn2)c1. The quantitative estimate of drug-likeness (QED) is 0.455. The molecule has 0 bridgehead atoms. The van der Waals surface area contributed by atoms with Crippen LogP contribution < -0.4 is 15.4 Å². The second kappa shape index (κ2) is 9.59. The average Bonchev–Trinajstić information content (AvgIpc) is 2.79. The molecule has 0 saturated carbocycles. The predicted molar refractivity (Wildman–Crippen MR) is 126 cm³/mol. The van der Waals surface area contributed by atoms with E-state index in [2.05, 4.69) is 25.3 Å². The molecule has 1 aliphatic carbocycles. The molecule has 31 heavy (non-hydrogen) atoms. The van der Waals surface area contributed by atoms with Crippen molar-refractivity contribution in [1.82, 2.24) is 14.7 Å². The summed E-state index contributed by atoms with van der Waals surface area (Å²) in [6.45, 7) is 0. The van der Waals surface area contributed by atoms with Crippen molar-refractivity contribution in [2.75, 3.05) is 23.9 Å². The van der Waals surface area contributed by atoms with Crippen molar-refractivity contribution in [2.24, 2.45) is 0 Å². The standard InChI is InChI=1S/C22H23N5O2S2/c1-23-31(29)16-7-9-20(30-2)18(11-16)27-22-12-21(24-13-25-22)26-15-6-8-17-14(10-15)4-3-5-19(17)28/h6-13,23H,3-5H2,1-2H3,(H2,24,25,26,27). The third-order valence-corrected chi connectivity index (χ3v) is 6.88. The highest BCUT2D eigenvalue weighted by atomic mass is 32.2. The molecule has 9 heteroatoms. The summed E-state index contributed by atoms with van der Waals surface area (Å²) < 4.78 is 14.9. The van der Waals surface area contributed by atoms with Gasteiger partial charge in [-0.2, -0.15) is 0 Å². The lowest BCUT2D eigenvalue weighted by atomic mass is 9.90. The van der Waals surface area contributed by atoms with Gasteiger partial charge < -0.3 is 10.6 Å². The van der Waals surface area contributed by atoms with Crippen LogP contribution in [-0.4, -0.2) is 33.3 Å². The Morgan fingerprint density at radius 3 is 2.58 bits per heavy atom. The number of aromatic nitrogens is 2. The highest BCUT2D eigenvalue weighted by molar-refractivity contribution is 7.98. The summed E-state index contributed by atoms with van der Waals surface area (Å²) in [5, 5.41) is 6.60. The zero-order valence-electron chi connectivity index (χ0n) is 17.3. The largest absolute Gasteiger partial charge is 0.340 e. The van der Waals surface area contributed by atoms with Gasteiger partial charge in [0, 0.05) is 28.6 Å². The maximum Gasteiger partial charge on any atom is 0.163 e. The van der Waals surface area contributed by atoms with E-state index in [9.17, 15) is 9.00 Å². The summed E-state index contributed by atoms with van der Waals surface area (Å²) in [5.74, 6) is 1.47. The lowest BCUT2D eigenvalue weighted by Crippen LogP contribution is -2.11. The molecule has 1 aliphatic rings. The molecule has 0 fully saturated rings. The lowest BCUT2D eigenvalue weighted by Gasteiger charge is -2.16. The highest BCUT2D eigenvalue weighted by Crippen LogP contribution is 2.30. The Labute approximate surface area is 188 Å². The summed E-state index contributed by atoms with van der Waals surface area (Å²) in [7, 11) is 0.385. The van der Waals surface area contributed by atoms with E-state index in [0.717, 1.165) is 40.2 Å². The molecule has 3 aromatic rings. The molecule has 1 unspecified atom stereocenters. The van der Waals surface area contributed by atoms with Crippen molar-refractivity contribution in [3.8, 4) is 0 Å². The summed E-state index contributed by atoms with van der Waals surface area (Å²) in [4.78, 5) is 22.4. The van der Waals surface area contributed by atoms with E-state index in [1.54, 1.807) is 18.8 Å². The smallest absolute Gasteiger partial charge is 0.163 e. The van der Waals surface area contributed by atoms with E-state index >= 15 is 0 Å².